The van der Waals surface area contributed by atoms with E-state index in [9.17, 15) is 18.9 Å². The van der Waals surface area contributed by atoms with Crippen LogP contribution in [0.5, 0.6) is 0 Å². The number of pyridine rings is 1. The van der Waals surface area contributed by atoms with Gasteiger partial charge in [-0.15, -0.1) is 0 Å². The zero-order chi connectivity index (χ0) is 21.1. The molecule has 3 N–H and O–H groups in total. The number of nitrogens with one attached hydrogen (secondary N) is 1. The van der Waals surface area contributed by atoms with Gasteiger partial charge in [-0.25, -0.2) is 18.5 Å². The molecule has 0 aliphatic carbocycles. The zero-order valence-corrected chi connectivity index (χ0v) is 16.4. The van der Waals surface area contributed by atoms with Gasteiger partial charge in [-0.2, -0.15) is 0 Å². The van der Waals surface area contributed by atoms with Crippen LogP contribution in [0.3, 0.4) is 0 Å². The Hall–Kier alpha value is -2.93. The minimum atomic E-state index is -1.41. The average molecular weight is 421 g/mol. The Labute approximate surface area is 167 Å². The van der Waals surface area contributed by atoms with Crippen molar-refractivity contribution in [2.45, 2.75) is 17.7 Å². The van der Waals surface area contributed by atoms with Gasteiger partial charge in [0.15, 0.2) is 0 Å². The highest BCUT2D eigenvalue weighted by atomic mass is 32.2. The van der Waals surface area contributed by atoms with Crippen LogP contribution in [-0.4, -0.2) is 66.0 Å². The molecule has 0 radical (unpaired) electrons. The Morgan fingerprint density at radius 3 is 2.76 bits per heavy atom. The number of furan rings is 1. The first kappa shape index (κ1) is 20.8. The number of nitrogens with zero attached hydrogens (tertiary/aromatic N) is 4. The number of anilines is 1. The number of aliphatic hydroxyl groups excluding tert-OH is 2. The molecule has 1 amide bonds. The SMILES string of the molecule is CN(C)S(=O)c1ccc(NC(=O)c2coc3ncn(CC(O)CO)c(=O)c23)cn1. The van der Waals surface area contributed by atoms with Crippen molar-refractivity contribution in [2.75, 3.05) is 26.0 Å². The molecule has 3 rings (SSSR count). The first-order valence-corrected chi connectivity index (χ1v) is 9.54. The highest BCUT2D eigenvalue weighted by Gasteiger charge is 2.20. The van der Waals surface area contributed by atoms with Crippen molar-refractivity contribution in [3.05, 3.63) is 46.8 Å². The Bertz CT molecular complexity index is 1110. The lowest BCUT2D eigenvalue weighted by Gasteiger charge is -2.10. The van der Waals surface area contributed by atoms with E-state index in [1.54, 1.807) is 14.1 Å². The summed E-state index contributed by atoms with van der Waals surface area (Å²) in [6, 6.07) is 3.06. The molecule has 3 heterocycles. The van der Waals surface area contributed by atoms with E-state index in [0.717, 1.165) is 10.8 Å². The van der Waals surface area contributed by atoms with Gasteiger partial charge in [0, 0.05) is 0 Å². The van der Waals surface area contributed by atoms with Crippen LogP contribution in [0, 0.1) is 0 Å². The fourth-order valence-electron chi connectivity index (χ4n) is 2.49. The Morgan fingerprint density at radius 2 is 2.14 bits per heavy atom. The van der Waals surface area contributed by atoms with Gasteiger partial charge in [-0.05, 0) is 26.2 Å². The van der Waals surface area contributed by atoms with E-state index in [1.807, 2.05) is 0 Å². The van der Waals surface area contributed by atoms with E-state index in [-0.39, 0.29) is 23.2 Å². The van der Waals surface area contributed by atoms with E-state index in [2.05, 4.69) is 15.3 Å². The van der Waals surface area contributed by atoms with Crippen LogP contribution >= 0.6 is 0 Å². The van der Waals surface area contributed by atoms with Gasteiger partial charge < -0.3 is 19.9 Å². The van der Waals surface area contributed by atoms with E-state index in [0.29, 0.717) is 10.7 Å². The summed E-state index contributed by atoms with van der Waals surface area (Å²) in [4.78, 5) is 33.3. The van der Waals surface area contributed by atoms with Crippen molar-refractivity contribution in [3.63, 3.8) is 0 Å². The van der Waals surface area contributed by atoms with Gasteiger partial charge in [-0.3, -0.25) is 14.2 Å². The lowest BCUT2D eigenvalue weighted by molar-refractivity contribution is 0.0802. The molecular weight excluding hydrogens is 402 g/mol. The van der Waals surface area contributed by atoms with Crippen LogP contribution in [-0.2, 0) is 17.5 Å². The highest BCUT2D eigenvalue weighted by molar-refractivity contribution is 7.82. The van der Waals surface area contributed by atoms with Crippen LogP contribution in [0.1, 0.15) is 10.4 Å². The molecule has 11 nitrogen and oxygen atoms in total. The van der Waals surface area contributed by atoms with Crippen LogP contribution in [0.25, 0.3) is 11.1 Å². The molecule has 2 unspecified atom stereocenters. The summed E-state index contributed by atoms with van der Waals surface area (Å²) in [5.41, 5.74) is -0.309. The average Bonchev–Trinajstić information content (AvgIpc) is 3.15. The molecule has 0 spiro atoms. The van der Waals surface area contributed by atoms with Gasteiger partial charge in [-0.1, -0.05) is 0 Å². The minimum Gasteiger partial charge on any atom is -0.445 e. The quantitative estimate of drug-likeness (QED) is 0.465. The number of aromatic nitrogens is 3. The first-order valence-electron chi connectivity index (χ1n) is 8.44. The highest BCUT2D eigenvalue weighted by Crippen LogP contribution is 2.18. The van der Waals surface area contributed by atoms with E-state index in [4.69, 9.17) is 9.52 Å². The smallest absolute Gasteiger partial charge is 0.265 e. The normalized spacial score (nSPS) is 13.6. The van der Waals surface area contributed by atoms with Crippen LogP contribution < -0.4 is 10.9 Å². The number of hydrogen-bond acceptors (Lipinski definition) is 8. The summed E-state index contributed by atoms with van der Waals surface area (Å²) in [6.45, 7) is -0.705. The first-order chi connectivity index (χ1) is 13.8. The largest absolute Gasteiger partial charge is 0.445 e. The standard InChI is InChI=1S/C17H19N5O6S/c1-21(2)29(27)13-4-3-10(5-18-13)20-15(25)12-8-28-16-14(12)17(26)22(9-19-16)6-11(24)7-23/h3-5,8-9,11,23-24H,6-7H2,1-2H3,(H,20,25). The molecule has 0 aromatic carbocycles. The summed E-state index contributed by atoms with van der Waals surface area (Å²) in [6.07, 6.45) is 2.49. The van der Waals surface area contributed by atoms with Crippen molar-refractivity contribution < 1.29 is 23.6 Å². The summed E-state index contributed by atoms with van der Waals surface area (Å²) in [5.74, 6) is -0.619. The van der Waals surface area contributed by atoms with Crippen LogP contribution in [0.4, 0.5) is 5.69 Å². The number of amides is 1. The number of rotatable bonds is 7. The molecule has 12 heteroatoms. The molecule has 29 heavy (non-hydrogen) atoms. The summed E-state index contributed by atoms with van der Waals surface area (Å²) < 4.78 is 19.7. The lowest BCUT2D eigenvalue weighted by atomic mass is 10.2. The molecule has 0 bridgehead atoms. The van der Waals surface area contributed by atoms with Crippen molar-refractivity contribution in [1.82, 2.24) is 18.8 Å². The molecule has 2 atom stereocenters. The number of hydrogen-bond donors (Lipinski definition) is 3. The van der Waals surface area contributed by atoms with E-state index < -0.39 is 35.2 Å². The van der Waals surface area contributed by atoms with Crippen LogP contribution in [0.2, 0.25) is 0 Å². The van der Waals surface area contributed by atoms with E-state index in [1.165, 1.54) is 29.0 Å². The lowest BCUT2D eigenvalue weighted by Crippen LogP contribution is -2.29. The summed E-state index contributed by atoms with van der Waals surface area (Å²) >= 11 is 0. The second-order valence-electron chi connectivity index (χ2n) is 6.27. The van der Waals surface area contributed by atoms with Gasteiger partial charge in [0.25, 0.3) is 11.5 Å². The van der Waals surface area contributed by atoms with Crippen molar-refractivity contribution in [1.29, 1.82) is 0 Å². The Balaban J connectivity index is 1.87. The minimum absolute atomic E-state index is 0.0234. The molecular formula is C17H19N5O6S. The fourth-order valence-corrected chi connectivity index (χ4v) is 3.19. The van der Waals surface area contributed by atoms with Crippen molar-refractivity contribution in [3.8, 4) is 0 Å². The number of carbonyl (C=O) groups is 1. The predicted octanol–water partition coefficient (Wildman–Crippen LogP) is -0.426. The third-order valence-corrected chi connectivity index (χ3v) is 5.19. The molecule has 0 saturated carbocycles. The number of aliphatic hydroxyl groups is 2. The molecule has 154 valence electrons. The summed E-state index contributed by atoms with van der Waals surface area (Å²) in [5, 5.41) is 21.4. The van der Waals surface area contributed by atoms with E-state index >= 15 is 0 Å². The fraction of sp³-hybridized carbons (Fsp3) is 0.294. The molecule has 0 aliphatic heterocycles. The third kappa shape index (κ3) is 4.40. The Morgan fingerprint density at radius 1 is 1.38 bits per heavy atom. The monoisotopic (exact) mass is 421 g/mol. The Kier molecular flexibility index (Phi) is 6.17. The number of carbonyl (C=O) groups excluding carboxylic acids is 1. The molecule has 3 aromatic heterocycles. The zero-order valence-electron chi connectivity index (χ0n) is 15.6. The second kappa shape index (κ2) is 8.61. The van der Waals surface area contributed by atoms with Gasteiger partial charge >= 0.3 is 0 Å². The second-order valence-corrected chi connectivity index (χ2v) is 7.92. The molecule has 3 aromatic rings. The van der Waals surface area contributed by atoms with Crippen LogP contribution in [0.15, 0.2) is 45.2 Å². The maximum absolute atomic E-state index is 12.6. The van der Waals surface area contributed by atoms with Crippen molar-refractivity contribution in [2.24, 2.45) is 0 Å². The maximum Gasteiger partial charge on any atom is 0.265 e. The van der Waals surface area contributed by atoms with Gasteiger partial charge in [0.05, 0.1) is 36.7 Å². The molecule has 0 fully saturated rings. The molecule has 0 saturated heterocycles. The number of fused-ring (bicyclic) bond motifs is 1. The topological polar surface area (TPSA) is 151 Å². The van der Waals surface area contributed by atoms with Gasteiger partial charge in [0.1, 0.15) is 34.0 Å². The summed E-state index contributed by atoms with van der Waals surface area (Å²) in [7, 11) is 1.89. The molecule has 0 aliphatic rings. The third-order valence-electron chi connectivity index (χ3n) is 3.93. The van der Waals surface area contributed by atoms with Crippen molar-refractivity contribution >= 4 is 33.7 Å². The predicted molar refractivity (Wildman–Crippen MR) is 104 cm³/mol. The maximum atomic E-state index is 12.6. The van der Waals surface area contributed by atoms with Gasteiger partial charge in [0.2, 0.25) is 5.71 Å².